The third-order valence-electron chi connectivity index (χ3n) is 11.9. The van der Waals surface area contributed by atoms with Crippen LogP contribution in [-0.4, -0.2) is 25.2 Å². The van der Waals surface area contributed by atoms with E-state index in [9.17, 15) is 0 Å². The lowest BCUT2D eigenvalue weighted by molar-refractivity contribution is 0.195. The van der Waals surface area contributed by atoms with Crippen LogP contribution >= 0.6 is 0 Å². The number of allylic oxidation sites excluding steroid dienone is 3. The van der Waals surface area contributed by atoms with Gasteiger partial charge in [-0.25, -0.2) is 0 Å². The molecule has 0 saturated heterocycles. The number of nitrogens with one attached hydrogen (secondary N) is 4. The third-order valence-corrected chi connectivity index (χ3v) is 11.9. The molecule has 4 heterocycles. The highest BCUT2D eigenvalue weighted by Crippen LogP contribution is 2.44. The second-order valence-corrected chi connectivity index (χ2v) is 15.0. The van der Waals surface area contributed by atoms with Gasteiger partial charge in [-0.15, -0.1) is 0 Å². The van der Waals surface area contributed by atoms with E-state index in [1.165, 1.54) is 57.6 Å². The van der Waals surface area contributed by atoms with Crippen LogP contribution in [0.5, 0.6) is 0 Å². The van der Waals surface area contributed by atoms with Gasteiger partial charge in [0.05, 0.1) is 23.5 Å². The molecule has 6 aliphatic rings. The zero-order valence-electron chi connectivity index (χ0n) is 28.5. The average Bonchev–Trinajstić information content (AvgIpc) is 3.16. The van der Waals surface area contributed by atoms with Crippen molar-refractivity contribution in [2.45, 2.75) is 69.1 Å². The Labute approximate surface area is 291 Å². The zero-order chi connectivity index (χ0) is 32.7. The summed E-state index contributed by atoms with van der Waals surface area (Å²) in [5, 5.41) is 15.7. The molecule has 7 unspecified atom stereocenters. The molecule has 0 spiro atoms. The zero-order valence-corrected chi connectivity index (χ0v) is 28.5. The minimum absolute atomic E-state index is 0.117. The fourth-order valence-corrected chi connectivity index (χ4v) is 9.29. The third kappa shape index (κ3) is 5.96. The lowest BCUT2D eigenvalue weighted by atomic mass is 9.71. The SMILES string of the molecule is CC(C/C1=C\C2CCC3C=CCNC3C2NCC2=C1CCC=C2)c1cccc(C2C=Cc3ccc4c(c3N2)NC(c2ccccc2)C=C4)c1. The van der Waals surface area contributed by atoms with Gasteiger partial charge < -0.3 is 21.3 Å². The van der Waals surface area contributed by atoms with Gasteiger partial charge in [0.1, 0.15) is 0 Å². The van der Waals surface area contributed by atoms with Crippen molar-refractivity contribution < 1.29 is 0 Å². The van der Waals surface area contributed by atoms with Gasteiger partial charge in [0, 0.05) is 25.2 Å². The Bertz CT molecular complexity index is 1910. The topological polar surface area (TPSA) is 48.1 Å². The van der Waals surface area contributed by atoms with Gasteiger partial charge in [-0.05, 0) is 94.4 Å². The largest absolute Gasteiger partial charge is 0.373 e. The second-order valence-electron chi connectivity index (χ2n) is 15.0. The smallest absolute Gasteiger partial charge is 0.0702 e. The first kappa shape index (κ1) is 30.7. The van der Waals surface area contributed by atoms with Gasteiger partial charge in [0.2, 0.25) is 0 Å². The summed E-state index contributed by atoms with van der Waals surface area (Å²) in [6.07, 6.45) is 27.4. The van der Waals surface area contributed by atoms with Crippen LogP contribution in [0.25, 0.3) is 12.2 Å². The van der Waals surface area contributed by atoms with Gasteiger partial charge in [-0.1, -0.05) is 128 Å². The summed E-state index contributed by atoms with van der Waals surface area (Å²) in [4.78, 5) is 0. The molecule has 0 aromatic heterocycles. The van der Waals surface area contributed by atoms with Gasteiger partial charge in [-0.2, -0.15) is 0 Å². The molecule has 4 heteroatoms. The van der Waals surface area contributed by atoms with Crippen LogP contribution in [-0.2, 0) is 0 Å². The first-order chi connectivity index (χ1) is 24.2. The summed E-state index contributed by atoms with van der Waals surface area (Å²) < 4.78 is 0. The molecule has 1 fully saturated rings. The van der Waals surface area contributed by atoms with Crippen LogP contribution in [0.15, 0.2) is 126 Å². The quantitative estimate of drug-likeness (QED) is 0.209. The van der Waals surface area contributed by atoms with Crippen molar-refractivity contribution in [2.24, 2.45) is 11.8 Å². The van der Waals surface area contributed by atoms with E-state index in [-0.39, 0.29) is 12.1 Å². The maximum Gasteiger partial charge on any atom is 0.0702 e. The highest BCUT2D eigenvalue weighted by Gasteiger charge is 2.39. The van der Waals surface area contributed by atoms with E-state index in [0.717, 1.165) is 32.4 Å². The predicted molar refractivity (Wildman–Crippen MR) is 206 cm³/mol. The Hall–Kier alpha value is -4.38. The maximum atomic E-state index is 4.04. The number of hydrogen-bond donors (Lipinski definition) is 4. The van der Waals surface area contributed by atoms with Crippen LogP contribution < -0.4 is 21.3 Å². The first-order valence-electron chi connectivity index (χ1n) is 18.6. The van der Waals surface area contributed by atoms with Crippen molar-refractivity contribution in [1.29, 1.82) is 0 Å². The number of anilines is 2. The minimum Gasteiger partial charge on any atom is -0.373 e. The van der Waals surface area contributed by atoms with Crippen LogP contribution in [0.3, 0.4) is 0 Å². The molecule has 9 rings (SSSR count). The maximum absolute atomic E-state index is 4.04. The molecule has 3 aromatic carbocycles. The molecule has 248 valence electrons. The molecule has 4 N–H and O–H groups in total. The van der Waals surface area contributed by atoms with Crippen LogP contribution in [0, 0.1) is 11.8 Å². The minimum atomic E-state index is 0.117. The van der Waals surface area contributed by atoms with Crippen molar-refractivity contribution in [3.8, 4) is 0 Å². The molecule has 0 amide bonds. The highest BCUT2D eigenvalue weighted by molar-refractivity contribution is 5.90. The number of rotatable bonds is 5. The van der Waals surface area contributed by atoms with E-state index < -0.39 is 0 Å². The Morgan fingerprint density at radius 2 is 1.45 bits per heavy atom. The molecule has 49 heavy (non-hydrogen) atoms. The molecule has 7 atom stereocenters. The summed E-state index contributed by atoms with van der Waals surface area (Å²) in [5.74, 6) is 1.64. The average molecular weight is 645 g/mol. The van der Waals surface area contributed by atoms with E-state index >= 15 is 0 Å². The van der Waals surface area contributed by atoms with Crippen molar-refractivity contribution in [2.75, 3.05) is 23.7 Å². The molecule has 3 aromatic rings. The van der Waals surface area contributed by atoms with Crippen LogP contribution in [0.1, 0.15) is 84.8 Å². The van der Waals surface area contributed by atoms with Crippen molar-refractivity contribution in [3.63, 3.8) is 0 Å². The molecule has 4 nitrogen and oxygen atoms in total. The van der Waals surface area contributed by atoms with Crippen LogP contribution in [0.4, 0.5) is 11.4 Å². The fraction of sp³-hybridized carbons (Fsp3) is 0.333. The van der Waals surface area contributed by atoms with E-state index in [4.69, 9.17) is 0 Å². The summed E-state index contributed by atoms with van der Waals surface area (Å²) in [5.41, 5.74) is 13.6. The second kappa shape index (κ2) is 13.2. The Kier molecular flexibility index (Phi) is 8.23. The Morgan fingerprint density at radius 3 is 2.27 bits per heavy atom. The number of fused-ring (bicyclic) bond motifs is 6. The van der Waals surface area contributed by atoms with Crippen molar-refractivity contribution >= 4 is 23.5 Å². The van der Waals surface area contributed by atoms with E-state index in [2.05, 4.69) is 150 Å². The van der Waals surface area contributed by atoms with E-state index in [1.807, 2.05) is 0 Å². The molecule has 2 aliphatic carbocycles. The number of hydrogen-bond acceptors (Lipinski definition) is 4. The lowest BCUT2D eigenvalue weighted by Gasteiger charge is -2.45. The predicted octanol–water partition coefficient (Wildman–Crippen LogP) is 9.64. The van der Waals surface area contributed by atoms with Gasteiger partial charge in [0.25, 0.3) is 0 Å². The summed E-state index contributed by atoms with van der Waals surface area (Å²) in [6.45, 7) is 4.41. The van der Waals surface area contributed by atoms with Gasteiger partial charge >= 0.3 is 0 Å². The molecule has 4 aliphatic heterocycles. The number of benzene rings is 3. The molecule has 0 radical (unpaired) electrons. The Morgan fingerprint density at radius 1 is 0.714 bits per heavy atom. The normalized spacial score (nSPS) is 29.8. The van der Waals surface area contributed by atoms with Crippen LogP contribution in [0.2, 0.25) is 0 Å². The summed E-state index contributed by atoms with van der Waals surface area (Å²) >= 11 is 0. The summed E-state index contributed by atoms with van der Waals surface area (Å²) in [6, 6.07) is 25.8. The highest BCUT2D eigenvalue weighted by atomic mass is 15.0. The molecule has 1 saturated carbocycles. The standard InChI is InChI=1S/C45H48N4/c1-29(25-38-27-36-19-18-31-14-8-24-46-42(31)43(36)47-28-37-11-5-6-15-39(37)38)34-12-7-13-35(26-34)41-23-21-33-17-16-32-20-22-40(30-9-3-2-4-10-30)48-44(32)45(33)49-41/h2-5,7-14,16-17,20-23,26-27,29,31,36,40-43,46-49H,6,15,18-19,24-25,28H2,1H3/b38-27+. The van der Waals surface area contributed by atoms with Crippen molar-refractivity contribution in [3.05, 3.63) is 154 Å². The Balaban J connectivity index is 0.970. The molecular formula is C45H48N4. The first-order valence-corrected chi connectivity index (χ1v) is 18.6. The summed E-state index contributed by atoms with van der Waals surface area (Å²) in [7, 11) is 0. The van der Waals surface area contributed by atoms with Gasteiger partial charge in [-0.3, -0.25) is 0 Å². The van der Waals surface area contributed by atoms with E-state index in [0.29, 0.717) is 29.8 Å². The fourth-order valence-electron chi connectivity index (χ4n) is 9.29. The monoisotopic (exact) mass is 644 g/mol. The van der Waals surface area contributed by atoms with E-state index in [1.54, 1.807) is 11.1 Å². The molecular weight excluding hydrogens is 597 g/mol. The van der Waals surface area contributed by atoms with Gasteiger partial charge in [0.15, 0.2) is 0 Å². The lowest BCUT2D eigenvalue weighted by Crippen LogP contribution is -2.59. The van der Waals surface area contributed by atoms with Crippen molar-refractivity contribution in [1.82, 2.24) is 10.6 Å². The molecule has 0 bridgehead atoms.